The summed E-state index contributed by atoms with van der Waals surface area (Å²) in [6.45, 7) is 0.507. The number of halogens is 1. The Morgan fingerprint density at radius 2 is 1.52 bits per heavy atom. The molecule has 0 spiro atoms. The number of hydrogen-bond acceptors (Lipinski definition) is 2. The van der Waals surface area contributed by atoms with Crippen LogP contribution in [-0.4, -0.2) is 38.8 Å². The van der Waals surface area contributed by atoms with Crippen LogP contribution in [0.25, 0.3) is 21.8 Å². The van der Waals surface area contributed by atoms with Crippen LogP contribution in [0.5, 0.6) is 0 Å². The molecule has 2 aromatic carbocycles. The zero-order valence-electron chi connectivity index (χ0n) is 17.1. The predicted octanol–water partition coefficient (Wildman–Crippen LogP) is 3.86. The fraction of sp³-hybridized carbons (Fsp3) is 0.250. The van der Waals surface area contributed by atoms with E-state index in [2.05, 4.69) is 49.3 Å². The molecule has 2 heterocycles. The fourth-order valence-electron chi connectivity index (χ4n) is 3.86. The summed E-state index contributed by atoms with van der Waals surface area (Å²) < 4.78 is 0.714. The molecule has 2 amide bonds. The first-order valence-corrected chi connectivity index (χ1v) is 11.9. The third kappa shape index (κ3) is 5.10. The Kier molecular flexibility index (Phi) is 6.91. The SMILES string of the molecule is O=C(CCI)NC(Cc1c[nH]c2ccccc12)C(=O)NCCc1c[nH]c2ccccc12. The number of benzene rings is 2. The lowest BCUT2D eigenvalue weighted by molar-refractivity contribution is -0.128. The second-order valence-electron chi connectivity index (χ2n) is 7.52. The van der Waals surface area contributed by atoms with Crippen molar-refractivity contribution in [2.45, 2.75) is 25.3 Å². The van der Waals surface area contributed by atoms with Gasteiger partial charge in [0.15, 0.2) is 0 Å². The highest BCUT2D eigenvalue weighted by Gasteiger charge is 2.22. The first kappa shape index (κ1) is 21.4. The molecule has 0 aliphatic rings. The number of rotatable bonds is 9. The van der Waals surface area contributed by atoms with Crippen molar-refractivity contribution in [3.05, 3.63) is 72.1 Å². The number of aromatic amines is 2. The highest BCUT2D eigenvalue weighted by Crippen LogP contribution is 2.20. The molecule has 0 aliphatic heterocycles. The molecule has 4 N–H and O–H groups in total. The minimum absolute atomic E-state index is 0.106. The number of alkyl halides is 1. The molecule has 0 saturated carbocycles. The Bertz CT molecular complexity index is 1200. The first-order chi connectivity index (χ1) is 15.2. The average molecular weight is 528 g/mol. The molecule has 31 heavy (non-hydrogen) atoms. The van der Waals surface area contributed by atoms with Crippen LogP contribution in [-0.2, 0) is 22.4 Å². The fourth-order valence-corrected chi connectivity index (χ4v) is 4.35. The molecule has 160 valence electrons. The van der Waals surface area contributed by atoms with Crippen molar-refractivity contribution in [3.8, 4) is 0 Å². The van der Waals surface area contributed by atoms with Crippen LogP contribution < -0.4 is 10.6 Å². The van der Waals surface area contributed by atoms with Gasteiger partial charge in [-0.05, 0) is 29.7 Å². The molecule has 1 unspecified atom stereocenters. The van der Waals surface area contributed by atoms with Gasteiger partial charge in [-0.3, -0.25) is 9.59 Å². The van der Waals surface area contributed by atoms with E-state index in [4.69, 9.17) is 0 Å². The van der Waals surface area contributed by atoms with Crippen molar-refractivity contribution in [2.75, 3.05) is 11.0 Å². The molecule has 6 nitrogen and oxygen atoms in total. The van der Waals surface area contributed by atoms with Gasteiger partial charge in [-0.1, -0.05) is 59.0 Å². The topological polar surface area (TPSA) is 89.8 Å². The Morgan fingerprint density at radius 3 is 2.19 bits per heavy atom. The summed E-state index contributed by atoms with van der Waals surface area (Å²) >= 11 is 2.17. The maximum atomic E-state index is 13.0. The van der Waals surface area contributed by atoms with Gasteiger partial charge in [-0.2, -0.15) is 0 Å². The molecule has 0 aliphatic carbocycles. The third-order valence-corrected chi connectivity index (χ3v) is 5.98. The molecule has 4 aromatic rings. The molecule has 0 fully saturated rings. The first-order valence-electron chi connectivity index (χ1n) is 10.4. The van der Waals surface area contributed by atoms with Gasteiger partial charge in [0.05, 0.1) is 0 Å². The summed E-state index contributed by atoms with van der Waals surface area (Å²) in [5, 5.41) is 8.17. The zero-order chi connectivity index (χ0) is 21.6. The number of carbonyl (C=O) groups is 2. The van der Waals surface area contributed by atoms with Gasteiger partial charge in [0, 0.05) is 58.0 Å². The number of hydrogen-bond donors (Lipinski definition) is 4. The lowest BCUT2D eigenvalue weighted by atomic mass is 10.0. The number of carbonyl (C=O) groups excluding carboxylic acids is 2. The van der Waals surface area contributed by atoms with Gasteiger partial charge in [0.25, 0.3) is 0 Å². The molecule has 0 bridgehead atoms. The molecule has 1 atom stereocenters. The lowest BCUT2D eigenvalue weighted by Gasteiger charge is -2.18. The van der Waals surface area contributed by atoms with Crippen molar-refractivity contribution < 1.29 is 9.59 Å². The van der Waals surface area contributed by atoms with E-state index < -0.39 is 6.04 Å². The molecule has 0 saturated heterocycles. The van der Waals surface area contributed by atoms with Crippen molar-refractivity contribution >= 4 is 56.2 Å². The number of fused-ring (bicyclic) bond motifs is 2. The Labute approximate surface area is 194 Å². The summed E-state index contributed by atoms with van der Waals surface area (Å²) in [6.07, 6.45) is 5.46. The second-order valence-corrected chi connectivity index (χ2v) is 8.60. The van der Waals surface area contributed by atoms with Crippen molar-refractivity contribution in [1.82, 2.24) is 20.6 Å². The number of aromatic nitrogens is 2. The summed E-state index contributed by atoms with van der Waals surface area (Å²) in [7, 11) is 0. The van der Waals surface area contributed by atoms with Crippen LogP contribution in [0.1, 0.15) is 17.5 Å². The standard InChI is InChI=1S/C24H25IN4O2/c25-11-9-23(30)29-22(13-17-15-28-21-8-4-2-6-19(17)21)24(31)26-12-10-16-14-27-20-7-3-1-5-18(16)20/h1-8,14-15,22,27-28H,9-13H2,(H,26,31)(H,29,30). The van der Waals surface area contributed by atoms with Crippen LogP contribution in [0, 0.1) is 0 Å². The summed E-state index contributed by atoms with van der Waals surface area (Å²) in [5.74, 6) is -0.266. The summed E-state index contributed by atoms with van der Waals surface area (Å²) in [6, 6.07) is 15.5. The molecule has 4 rings (SSSR count). The monoisotopic (exact) mass is 528 g/mol. The Hall–Kier alpha value is -2.81. The minimum atomic E-state index is -0.613. The van der Waals surface area contributed by atoms with Crippen LogP contribution in [0.4, 0.5) is 0 Å². The van der Waals surface area contributed by atoms with Gasteiger partial charge in [-0.15, -0.1) is 0 Å². The van der Waals surface area contributed by atoms with Crippen LogP contribution in [0.2, 0.25) is 0 Å². The lowest BCUT2D eigenvalue weighted by Crippen LogP contribution is -2.48. The maximum absolute atomic E-state index is 13.0. The number of amides is 2. The van der Waals surface area contributed by atoms with Gasteiger partial charge < -0.3 is 20.6 Å². The summed E-state index contributed by atoms with van der Waals surface area (Å²) in [4.78, 5) is 31.7. The van der Waals surface area contributed by atoms with Crippen molar-refractivity contribution in [2.24, 2.45) is 0 Å². The van der Waals surface area contributed by atoms with Crippen LogP contribution >= 0.6 is 22.6 Å². The Morgan fingerprint density at radius 1 is 0.903 bits per heavy atom. The van der Waals surface area contributed by atoms with E-state index in [1.807, 2.05) is 54.9 Å². The maximum Gasteiger partial charge on any atom is 0.242 e. The smallest absolute Gasteiger partial charge is 0.242 e. The van der Waals surface area contributed by atoms with E-state index in [-0.39, 0.29) is 11.8 Å². The predicted molar refractivity (Wildman–Crippen MR) is 132 cm³/mol. The van der Waals surface area contributed by atoms with Crippen LogP contribution in [0.15, 0.2) is 60.9 Å². The van der Waals surface area contributed by atoms with E-state index in [0.717, 1.165) is 34.0 Å². The molecule has 0 radical (unpaired) electrons. The quantitative estimate of drug-likeness (QED) is 0.196. The molecule has 2 aromatic heterocycles. The van der Waals surface area contributed by atoms with Crippen molar-refractivity contribution in [3.63, 3.8) is 0 Å². The molecular weight excluding hydrogens is 503 g/mol. The highest BCUT2D eigenvalue weighted by molar-refractivity contribution is 14.1. The highest BCUT2D eigenvalue weighted by atomic mass is 127. The van der Waals surface area contributed by atoms with Gasteiger partial charge in [0.2, 0.25) is 11.8 Å². The normalized spacial score (nSPS) is 12.2. The number of para-hydroxylation sites is 2. The number of H-pyrrole nitrogens is 2. The minimum Gasteiger partial charge on any atom is -0.361 e. The van der Waals surface area contributed by atoms with Gasteiger partial charge >= 0.3 is 0 Å². The van der Waals surface area contributed by atoms with E-state index in [0.29, 0.717) is 23.8 Å². The second kappa shape index (κ2) is 10.00. The zero-order valence-corrected chi connectivity index (χ0v) is 19.2. The van der Waals surface area contributed by atoms with Crippen LogP contribution in [0.3, 0.4) is 0 Å². The van der Waals surface area contributed by atoms with E-state index in [1.165, 1.54) is 5.39 Å². The van der Waals surface area contributed by atoms with E-state index in [1.54, 1.807) is 0 Å². The van der Waals surface area contributed by atoms with Gasteiger partial charge in [-0.25, -0.2) is 0 Å². The summed E-state index contributed by atoms with van der Waals surface area (Å²) in [5.41, 5.74) is 4.29. The van der Waals surface area contributed by atoms with E-state index >= 15 is 0 Å². The molecule has 7 heteroatoms. The third-order valence-electron chi connectivity index (χ3n) is 5.44. The largest absolute Gasteiger partial charge is 0.361 e. The number of nitrogens with one attached hydrogen (secondary N) is 4. The van der Waals surface area contributed by atoms with E-state index in [9.17, 15) is 9.59 Å². The Balaban J connectivity index is 1.43. The van der Waals surface area contributed by atoms with Crippen molar-refractivity contribution in [1.29, 1.82) is 0 Å². The molecular formula is C24H25IN4O2. The van der Waals surface area contributed by atoms with Gasteiger partial charge in [0.1, 0.15) is 6.04 Å². The average Bonchev–Trinajstić information content (AvgIpc) is 3.38.